The van der Waals surface area contributed by atoms with Crippen molar-refractivity contribution in [2.75, 3.05) is 11.9 Å². The second-order valence-corrected chi connectivity index (χ2v) is 4.17. The molecule has 2 aromatic rings. The van der Waals surface area contributed by atoms with E-state index in [4.69, 9.17) is 5.11 Å². The fourth-order valence-electron chi connectivity index (χ4n) is 2.29. The van der Waals surface area contributed by atoms with E-state index in [0.29, 0.717) is 17.9 Å². The summed E-state index contributed by atoms with van der Waals surface area (Å²) >= 11 is 0. The van der Waals surface area contributed by atoms with Crippen molar-refractivity contribution in [2.24, 2.45) is 0 Å². The summed E-state index contributed by atoms with van der Waals surface area (Å²) in [5.41, 5.74) is 2.86. The Morgan fingerprint density at radius 3 is 3.00 bits per heavy atom. The Hall–Kier alpha value is -2.50. The van der Waals surface area contributed by atoms with Crippen LogP contribution in [0.1, 0.15) is 16.1 Å². The Balaban J connectivity index is 2.15. The summed E-state index contributed by atoms with van der Waals surface area (Å²) in [4.78, 5) is 25.3. The van der Waals surface area contributed by atoms with Gasteiger partial charge in [0.25, 0.3) is 5.91 Å². The summed E-state index contributed by atoms with van der Waals surface area (Å²) in [6.07, 6.45) is -0.353. The van der Waals surface area contributed by atoms with Gasteiger partial charge in [0.05, 0.1) is 0 Å². The summed E-state index contributed by atoms with van der Waals surface area (Å²) < 4.78 is 0. The second kappa shape index (κ2) is 3.76. The molecule has 6 heteroatoms. The van der Waals surface area contributed by atoms with Gasteiger partial charge < -0.3 is 15.4 Å². The summed E-state index contributed by atoms with van der Waals surface area (Å²) in [7, 11) is 0. The SMILES string of the molecule is O=C(O)Nc1ccc2[nH]c3c(c2c1)CCNC3=O. The van der Waals surface area contributed by atoms with Gasteiger partial charge in [0, 0.05) is 23.1 Å². The van der Waals surface area contributed by atoms with Crippen molar-refractivity contribution < 1.29 is 14.7 Å². The molecule has 92 valence electrons. The summed E-state index contributed by atoms with van der Waals surface area (Å²) in [5, 5.41) is 14.7. The molecule has 0 spiro atoms. The summed E-state index contributed by atoms with van der Waals surface area (Å²) in [5.74, 6) is -0.111. The zero-order chi connectivity index (χ0) is 12.7. The normalized spacial score (nSPS) is 14.1. The third kappa shape index (κ3) is 1.58. The highest BCUT2D eigenvalue weighted by Gasteiger charge is 2.21. The third-order valence-electron chi connectivity index (χ3n) is 3.05. The van der Waals surface area contributed by atoms with Crippen LogP contribution in [0.5, 0.6) is 0 Å². The Morgan fingerprint density at radius 1 is 1.39 bits per heavy atom. The predicted molar refractivity (Wildman–Crippen MR) is 66.0 cm³/mol. The maximum atomic E-state index is 11.7. The lowest BCUT2D eigenvalue weighted by atomic mass is 10.0. The van der Waals surface area contributed by atoms with Crippen LogP contribution in [0.4, 0.5) is 10.5 Å². The van der Waals surface area contributed by atoms with Crippen molar-refractivity contribution in [3.8, 4) is 0 Å². The molecule has 3 rings (SSSR count). The van der Waals surface area contributed by atoms with Crippen LogP contribution < -0.4 is 10.6 Å². The molecule has 1 aliphatic rings. The van der Waals surface area contributed by atoms with Gasteiger partial charge in [-0.15, -0.1) is 0 Å². The third-order valence-corrected chi connectivity index (χ3v) is 3.05. The van der Waals surface area contributed by atoms with E-state index in [1.165, 1.54) is 0 Å². The Morgan fingerprint density at radius 2 is 2.22 bits per heavy atom. The number of aromatic amines is 1. The lowest BCUT2D eigenvalue weighted by molar-refractivity contribution is 0.0942. The molecule has 0 unspecified atom stereocenters. The summed E-state index contributed by atoms with van der Waals surface area (Å²) in [6, 6.07) is 5.18. The van der Waals surface area contributed by atoms with Crippen molar-refractivity contribution in [1.82, 2.24) is 10.3 Å². The van der Waals surface area contributed by atoms with Crippen LogP contribution in [-0.2, 0) is 6.42 Å². The van der Waals surface area contributed by atoms with Crippen LogP contribution >= 0.6 is 0 Å². The smallest absolute Gasteiger partial charge is 0.409 e. The van der Waals surface area contributed by atoms with E-state index >= 15 is 0 Å². The highest BCUT2D eigenvalue weighted by molar-refractivity contribution is 6.03. The van der Waals surface area contributed by atoms with Gasteiger partial charge in [-0.3, -0.25) is 10.1 Å². The molecule has 0 radical (unpaired) electrons. The number of hydrogen-bond donors (Lipinski definition) is 4. The summed E-state index contributed by atoms with van der Waals surface area (Å²) in [6.45, 7) is 0.607. The van der Waals surface area contributed by atoms with Gasteiger partial charge in [-0.2, -0.15) is 0 Å². The number of carbonyl (C=O) groups is 2. The van der Waals surface area contributed by atoms with E-state index in [0.717, 1.165) is 22.9 Å². The van der Waals surface area contributed by atoms with E-state index in [-0.39, 0.29) is 5.91 Å². The van der Waals surface area contributed by atoms with Crippen molar-refractivity contribution in [3.63, 3.8) is 0 Å². The van der Waals surface area contributed by atoms with Gasteiger partial charge in [-0.1, -0.05) is 0 Å². The van der Waals surface area contributed by atoms with Gasteiger partial charge >= 0.3 is 6.09 Å². The van der Waals surface area contributed by atoms with E-state index in [9.17, 15) is 9.59 Å². The molecule has 2 heterocycles. The van der Waals surface area contributed by atoms with Crippen molar-refractivity contribution in [2.45, 2.75) is 6.42 Å². The molecule has 0 aliphatic carbocycles. The quantitative estimate of drug-likeness (QED) is 0.613. The number of hydrogen-bond acceptors (Lipinski definition) is 2. The fraction of sp³-hybridized carbons (Fsp3) is 0.167. The first-order valence-electron chi connectivity index (χ1n) is 5.58. The lowest BCUT2D eigenvalue weighted by Crippen LogP contribution is -2.31. The first kappa shape index (κ1) is 10.6. The number of carbonyl (C=O) groups excluding carboxylic acids is 1. The minimum atomic E-state index is -1.10. The number of rotatable bonds is 1. The molecular weight excluding hydrogens is 234 g/mol. The molecular formula is C12H11N3O3. The minimum absolute atomic E-state index is 0.111. The van der Waals surface area contributed by atoms with Gasteiger partial charge in [0.15, 0.2) is 0 Å². The van der Waals surface area contributed by atoms with Crippen LogP contribution in [0.3, 0.4) is 0 Å². The zero-order valence-electron chi connectivity index (χ0n) is 9.41. The van der Waals surface area contributed by atoms with E-state index < -0.39 is 6.09 Å². The molecule has 2 amide bonds. The van der Waals surface area contributed by atoms with Crippen LogP contribution in [0.15, 0.2) is 18.2 Å². The topological polar surface area (TPSA) is 94.2 Å². The maximum absolute atomic E-state index is 11.7. The van der Waals surface area contributed by atoms with Crippen LogP contribution in [0, 0.1) is 0 Å². The molecule has 1 aliphatic heterocycles. The Kier molecular flexibility index (Phi) is 2.22. The molecule has 6 nitrogen and oxygen atoms in total. The molecule has 4 N–H and O–H groups in total. The fourth-order valence-corrected chi connectivity index (χ4v) is 2.29. The molecule has 18 heavy (non-hydrogen) atoms. The van der Waals surface area contributed by atoms with E-state index in [1.54, 1.807) is 18.2 Å². The first-order valence-corrected chi connectivity index (χ1v) is 5.58. The zero-order valence-corrected chi connectivity index (χ0v) is 9.41. The number of H-pyrrole nitrogens is 1. The average Bonchev–Trinajstić information content (AvgIpc) is 2.68. The van der Waals surface area contributed by atoms with E-state index in [2.05, 4.69) is 15.6 Å². The maximum Gasteiger partial charge on any atom is 0.409 e. The number of aromatic nitrogens is 1. The van der Waals surface area contributed by atoms with Crippen molar-refractivity contribution >= 4 is 28.6 Å². The highest BCUT2D eigenvalue weighted by Crippen LogP contribution is 2.27. The largest absolute Gasteiger partial charge is 0.465 e. The minimum Gasteiger partial charge on any atom is -0.465 e. The molecule has 1 aromatic heterocycles. The molecule has 0 saturated carbocycles. The van der Waals surface area contributed by atoms with Crippen molar-refractivity contribution in [3.05, 3.63) is 29.5 Å². The standard InChI is InChI=1S/C12H11N3O3/c16-11-10-7(3-4-13-11)8-5-6(14-12(17)18)1-2-9(8)15-10/h1-2,5,14-15H,3-4H2,(H,13,16)(H,17,18). The first-order chi connectivity index (χ1) is 8.65. The second-order valence-electron chi connectivity index (χ2n) is 4.17. The molecule has 0 atom stereocenters. The Bertz CT molecular complexity index is 660. The van der Waals surface area contributed by atoms with Gasteiger partial charge in [-0.25, -0.2) is 4.79 Å². The van der Waals surface area contributed by atoms with Crippen LogP contribution in [0.2, 0.25) is 0 Å². The Labute approximate surface area is 102 Å². The van der Waals surface area contributed by atoms with Gasteiger partial charge in [-0.05, 0) is 30.2 Å². The lowest BCUT2D eigenvalue weighted by Gasteiger charge is -2.12. The van der Waals surface area contributed by atoms with Crippen molar-refractivity contribution in [1.29, 1.82) is 0 Å². The number of fused-ring (bicyclic) bond motifs is 3. The number of nitrogens with one attached hydrogen (secondary N) is 3. The average molecular weight is 245 g/mol. The van der Waals surface area contributed by atoms with Gasteiger partial charge in [0.2, 0.25) is 0 Å². The number of benzene rings is 1. The van der Waals surface area contributed by atoms with Crippen LogP contribution in [0.25, 0.3) is 10.9 Å². The highest BCUT2D eigenvalue weighted by atomic mass is 16.4. The molecule has 0 bridgehead atoms. The van der Waals surface area contributed by atoms with E-state index in [1.807, 2.05) is 0 Å². The number of carboxylic acid groups (broad SMARTS) is 1. The molecule has 0 saturated heterocycles. The molecule has 1 aromatic carbocycles. The molecule has 0 fully saturated rings. The number of amides is 2. The monoisotopic (exact) mass is 245 g/mol. The van der Waals surface area contributed by atoms with Crippen LogP contribution in [-0.4, -0.2) is 28.6 Å². The number of anilines is 1. The predicted octanol–water partition coefficient (Wildman–Crippen LogP) is 1.54. The van der Waals surface area contributed by atoms with Gasteiger partial charge in [0.1, 0.15) is 5.69 Å².